The van der Waals surface area contributed by atoms with Gasteiger partial charge in [-0.2, -0.15) is 0 Å². The van der Waals surface area contributed by atoms with Crippen molar-refractivity contribution in [2.75, 3.05) is 40.1 Å². The number of phenolic OH excluding ortho intramolecular Hbond substituents is 1. The van der Waals surface area contributed by atoms with E-state index in [9.17, 15) is 30.2 Å². The SMILES string of the molecule is C=CCOC12Oc3ccc(O)cc3C3C(CCCCO)C(CCCCO)C=C(C(=NOCc4ccc([N+](=O)[O-])cc4)CC1N(C)C(=O)OCCOCc1ccccc1)C32. The van der Waals surface area contributed by atoms with Crippen LogP contribution in [-0.2, 0) is 32.3 Å². The first-order valence-corrected chi connectivity index (χ1v) is 20.3. The number of hydrogen-bond acceptors (Lipinski definition) is 12. The summed E-state index contributed by atoms with van der Waals surface area (Å²) < 4.78 is 25.4. The summed E-state index contributed by atoms with van der Waals surface area (Å²) in [7, 11) is 1.64. The number of benzene rings is 3. The molecule has 1 heterocycles. The number of allylic oxidation sites excluding steroid dienone is 1. The van der Waals surface area contributed by atoms with Gasteiger partial charge < -0.3 is 44.0 Å². The highest BCUT2D eigenvalue weighted by molar-refractivity contribution is 6.02. The zero-order valence-electron chi connectivity index (χ0n) is 33.5. The van der Waals surface area contributed by atoms with Crippen molar-refractivity contribution < 1.29 is 48.8 Å². The number of carbonyl (C=O) groups is 1. The third-order valence-electron chi connectivity index (χ3n) is 11.5. The van der Waals surface area contributed by atoms with E-state index in [1.54, 1.807) is 43.5 Å². The number of nitro groups is 1. The second-order valence-electron chi connectivity index (χ2n) is 15.3. The highest BCUT2D eigenvalue weighted by Crippen LogP contribution is 2.61. The second-order valence-corrected chi connectivity index (χ2v) is 15.3. The van der Waals surface area contributed by atoms with Crippen LogP contribution in [0, 0.1) is 27.9 Å². The lowest BCUT2D eigenvalue weighted by molar-refractivity contribution is -0.384. The predicted octanol–water partition coefficient (Wildman–Crippen LogP) is 7.42. The number of nitrogens with zero attached hydrogens (tertiary/aromatic N) is 3. The van der Waals surface area contributed by atoms with Gasteiger partial charge in [0, 0.05) is 50.3 Å². The number of ether oxygens (including phenoxy) is 4. The number of unbranched alkanes of at least 4 members (excludes halogenated alkanes) is 2. The maximum Gasteiger partial charge on any atom is 0.410 e. The van der Waals surface area contributed by atoms with Crippen LogP contribution in [0.1, 0.15) is 67.6 Å². The molecule has 14 heteroatoms. The number of phenols is 1. The molecule has 1 aliphatic heterocycles. The maximum atomic E-state index is 14.0. The van der Waals surface area contributed by atoms with Gasteiger partial charge >= 0.3 is 6.09 Å². The molecule has 0 radical (unpaired) electrons. The van der Waals surface area contributed by atoms with Crippen LogP contribution in [0.5, 0.6) is 11.5 Å². The first-order chi connectivity index (χ1) is 28.7. The number of non-ortho nitro benzene ring substituents is 1. The Morgan fingerprint density at radius 3 is 2.44 bits per heavy atom. The van der Waals surface area contributed by atoms with Gasteiger partial charge in [-0.1, -0.05) is 60.5 Å². The fraction of sp³-hybridized carbons (Fsp3) is 0.467. The Kier molecular flexibility index (Phi) is 15.1. The molecule has 1 amide bonds. The average Bonchev–Trinajstić information content (AvgIpc) is 3.24. The number of hydrogen-bond donors (Lipinski definition) is 3. The molecule has 6 atom stereocenters. The van der Waals surface area contributed by atoms with Crippen molar-refractivity contribution in [1.82, 2.24) is 4.90 Å². The van der Waals surface area contributed by atoms with Crippen molar-refractivity contribution in [3.8, 4) is 11.5 Å². The number of aromatic hydroxyl groups is 1. The fourth-order valence-electron chi connectivity index (χ4n) is 8.82. The normalized spacial score (nSPS) is 23.6. The molecule has 6 rings (SSSR count). The molecule has 1 saturated carbocycles. The van der Waals surface area contributed by atoms with E-state index in [0.717, 1.165) is 42.4 Å². The zero-order valence-corrected chi connectivity index (χ0v) is 33.5. The van der Waals surface area contributed by atoms with Crippen LogP contribution in [0.15, 0.2) is 102 Å². The van der Waals surface area contributed by atoms with E-state index >= 15 is 0 Å². The summed E-state index contributed by atoms with van der Waals surface area (Å²) in [6.45, 7) is 4.74. The third kappa shape index (κ3) is 10.1. The lowest BCUT2D eigenvalue weighted by Gasteiger charge is -2.59. The quantitative estimate of drug-likeness (QED) is 0.0421. The van der Waals surface area contributed by atoms with Gasteiger partial charge in [0.2, 0.25) is 5.79 Å². The smallest absolute Gasteiger partial charge is 0.410 e. The summed E-state index contributed by atoms with van der Waals surface area (Å²) in [5.74, 6) is -1.73. The molecule has 316 valence electrons. The van der Waals surface area contributed by atoms with E-state index in [-0.39, 0.29) is 75.3 Å². The van der Waals surface area contributed by atoms with Crippen LogP contribution in [0.4, 0.5) is 10.5 Å². The van der Waals surface area contributed by atoms with E-state index in [4.69, 9.17) is 28.9 Å². The number of fused-ring (bicyclic) bond motifs is 2. The van der Waals surface area contributed by atoms with Crippen molar-refractivity contribution in [3.63, 3.8) is 0 Å². The molecule has 3 N–H and O–H groups in total. The standard InChI is InChI=1S/C45H55N3O11/c1-3-23-57-45-41(47(2)44(52)56-25-24-55-29-31-11-5-4-6-12-31)28-39(46-58-30-32-15-17-34(18-16-32)48(53)54)37-26-33(13-7-9-21-49)36(14-8-10-22-50)42(43(37)45)38-27-35(51)19-20-40(38)59-45/h3-6,11-12,15-20,26-27,33,36,41-43,49-51H,1,7-10,13-14,21-25,28-30H2,2H3. The Balaban J connectivity index is 1.41. The lowest BCUT2D eigenvalue weighted by atomic mass is 9.55. The van der Waals surface area contributed by atoms with E-state index in [1.165, 1.54) is 17.0 Å². The van der Waals surface area contributed by atoms with E-state index in [1.807, 2.05) is 30.3 Å². The molecule has 2 aliphatic carbocycles. The summed E-state index contributed by atoms with van der Waals surface area (Å²) in [5.41, 5.74) is 3.85. The molecule has 0 aromatic heterocycles. The molecule has 0 bridgehead atoms. The monoisotopic (exact) mass is 813 g/mol. The van der Waals surface area contributed by atoms with E-state index in [0.29, 0.717) is 36.5 Å². The molecule has 0 spiro atoms. The van der Waals surface area contributed by atoms with Crippen LogP contribution in [-0.4, -0.2) is 88.9 Å². The summed E-state index contributed by atoms with van der Waals surface area (Å²) in [6.07, 6.45) is 7.68. The molecule has 1 fully saturated rings. The number of nitro benzene ring substituents is 1. The summed E-state index contributed by atoms with van der Waals surface area (Å²) >= 11 is 0. The highest BCUT2D eigenvalue weighted by Gasteiger charge is 2.65. The van der Waals surface area contributed by atoms with Gasteiger partial charge in [0.05, 0.1) is 36.4 Å². The Hall–Kier alpha value is -5.28. The Labute approximate surface area is 344 Å². The molecule has 3 aliphatic rings. The molecule has 0 saturated heterocycles. The largest absolute Gasteiger partial charge is 0.508 e. The Morgan fingerprint density at radius 2 is 1.73 bits per heavy atom. The van der Waals surface area contributed by atoms with Crippen LogP contribution in [0.25, 0.3) is 0 Å². The molecule has 6 unspecified atom stereocenters. The molecule has 3 aromatic rings. The Morgan fingerprint density at radius 1 is 1.00 bits per heavy atom. The zero-order chi connectivity index (χ0) is 41.8. The van der Waals surface area contributed by atoms with Crippen molar-refractivity contribution in [2.24, 2.45) is 22.9 Å². The summed E-state index contributed by atoms with van der Waals surface area (Å²) in [5, 5.41) is 46.5. The molecular weight excluding hydrogens is 759 g/mol. The molecule has 14 nitrogen and oxygen atoms in total. The first kappa shape index (κ1) is 43.3. The molecule has 59 heavy (non-hydrogen) atoms. The lowest BCUT2D eigenvalue weighted by Crippen LogP contribution is -2.69. The minimum Gasteiger partial charge on any atom is -0.508 e. The number of likely N-dealkylation sites (N-methyl/N-ethyl adjacent to an activating group) is 1. The summed E-state index contributed by atoms with van der Waals surface area (Å²) in [6, 6.07) is 20.0. The highest BCUT2D eigenvalue weighted by atomic mass is 16.7. The molecular formula is C45H55N3O11. The van der Waals surface area contributed by atoms with Crippen molar-refractivity contribution >= 4 is 17.5 Å². The minimum absolute atomic E-state index is 0.00512. The van der Waals surface area contributed by atoms with Crippen molar-refractivity contribution in [3.05, 3.63) is 124 Å². The summed E-state index contributed by atoms with van der Waals surface area (Å²) in [4.78, 5) is 32.3. The number of rotatable bonds is 21. The van der Waals surface area contributed by atoms with Crippen LogP contribution in [0.2, 0.25) is 0 Å². The van der Waals surface area contributed by atoms with Gasteiger partial charge in [-0.25, -0.2) is 4.79 Å². The second kappa shape index (κ2) is 20.6. The minimum atomic E-state index is -1.48. The predicted molar refractivity (Wildman–Crippen MR) is 220 cm³/mol. The number of amides is 1. The van der Waals surface area contributed by atoms with Crippen molar-refractivity contribution in [1.29, 1.82) is 0 Å². The topological polar surface area (TPSA) is 183 Å². The van der Waals surface area contributed by atoms with Gasteiger partial charge in [-0.15, -0.1) is 6.58 Å². The first-order valence-electron chi connectivity index (χ1n) is 20.3. The number of aliphatic hydroxyl groups excluding tert-OH is 2. The third-order valence-corrected chi connectivity index (χ3v) is 11.5. The van der Waals surface area contributed by atoms with Gasteiger partial charge in [0.15, 0.2) is 0 Å². The van der Waals surface area contributed by atoms with Gasteiger partial charge in [0.25, 0.3) is 5.69 Å². The van der Waals surface area contributed by atoms with Crippen molar-refractivity contribution in [2.45, 2.75) is 75.9 Å². The van der Waals surface area contributed by atoms with Crippen LogP contribution in [0.3, 0.4) is 0 Å². The van der Waals surface area contributed by atoms with Gasteiger partial charge in [-0.3, -0.25) is 10.1 Å². The number of oxime groups is 1. The van der Waals surface area contributed by atoms with Gasteiger partial charge in [0.1, 0.15) is 30.8 Å². The van der Waals surface area contributed by atoms with E-state index < -0.39 is 28.8 Å². The number of aliphatic hydroxyl groups is 2. The van der Waals surface area contributed by atoms with Crippen LogP contribution < -0.4 is 4.74 Å². The maximum absolute atomic E-state index is 14.0. The van der Waals surface area contributed by atoms with Gasteiger partial charge in [-0.05, 0) is 84.6 Å². The fourth-order valence-corrected chi connectivity index (χ4v) is 8.82. The van der Waals surface area contributed by atoms with E-state index in [2.05, 4.69) is 12.7 Å². The molecule has 3 aromatic carbocycles. The average molecular weight is 814 g/mol. The number of carbonyl (C=O) groups excluding carboxylic acids is 1. The Bertz CT molecular complexity index is 1940. The van der Waals surface area contributed by atoms with Crippen LogP contribution >= 0.6 is 0 Å².